The van der Waals surface area contributed by atoms with Crippen LogP contribution in [0.4, 0.5) is 5.69 Å². The minimum Gasteiger partial charge on any atom is -0.342 e. The molecule has 1 heterocycles. The van der Waals surface area contributed by atoms with E-state index in [2.05, 4.69) is 14.7 Å². The van der Waals surface area contributed by atoms with Gasteiger partial charge in [-0.05, 0) is 18.2 Å². The summed E-state index contributed by atoms with van der Waals surface area (Å²) in [6, 6.07) is 5.23. The lowest BCUT2D eigenvalue weighted by atomic mass is 10.3. The number of imidazole rings is 1. The van der Waals surface area contributed by atoms with Gasteiger partial charge in [-0.3, -0.25) is 4.72 Å². The fourth-order valence-electron chi connectivity index (χ4n) is 1.53. The quantitative estimate of drug-likeness (QED) is 0.878. The Balaban J connectivity index is 2.36. The summed E-state index contributed by atoms with van der Waals surface area (Å²) in [6.45, 7) is 2.01. The summed E-state index contributed by atoms with van der Waals surface area (Å²) >= 11 is 0. The molecule has 0 atom stereocenters. The van der Waals surface area contributed by atoms with Crippen molar-refractivity contribution in [3.05, 3.63) is 24.0 Å². The second-order valence-electron chi connectivity index (χ2n) is 4.16. The molecule has 0 amide bonds. The van der Waals surface area contributed by atoms with Gasteiger partial charge in [0.05, 0.1) is 16.7 Å². The Morgan fingerprint density at radius 2 is 2.11 bits per heavy atom. The Bertz CT molecular complexity index is 661. The van der Waals surface area contributed by atoms with Gasteiger partial charge in [0.15, 0.2) is 0 Å². The molecular weight excluding hydrogens is 252 g/mol. The lowest BCUT2D eigenvalue weighted by Crippen LogP contribution is -2.28. The molecule has 0 bridgehead atoms. The predicted octanol–water partition coefficient (Wildman–Crippen LogP) is 1.34. The van der Waals surface area contributed by atoms with Gasteiger partial charge in [-0.15, -0.1) is 0 Å². The van der Waals surface area contributed by atoms with E-state index in [0.29, 0.717) is 5.69 Å². The number of hydrogen-bond donors (Lipinski definition) is 2. The van der Waals surface area contributed by atoms with Gasteiger partial charge in [0.1, 0.15) is 5.82 Å². The van der Waals surface area contributed by atoms with Gasteiger partial charge in [-0.1, -0.05) is 6.92 Å². The van der Waals surface area contributed by atoms with E-state index in [-0.39, 0.29) is 0 Å². The van der Waals surface area contributed by atoms with Gasteiger partial charge in [-0.2, -0.15) is 12.7 Å². The zero-order valence-electron chi connectivity index (χ0n) is 10.6. The molecule has 0 unspecified atom stereocenters. The van der Waals surface area contributed by atoms with Crippen molar-refractivity contribution >= 4 is 26.9 Å². The lowest BCUT2D eigenvalue weighted by Gasteiger charge is -2.13. The zero-order valence-corrected chi connectivity index (χ0v) is 11.4. The monoisotopic (exact) mass is 268 g/mol. The molecule has 0 saturated carbocycles. The number of anilines is 1. The molecule has 7 heteroatoms. The van der Waals surface area contributed by atoms with Gasteiger partial charge >= 0.3 is 10.2 Å². The third-order valence-corrected chi connectivity index (χ3v) is 4.05. The Kier molecular flexibility index (Phi) is 3.27. The Hall–Kier alpha value is -1.60. The van der Waals surface area contributed by atoms with Crippen molar-refractivity contribution in [2.75, 3.05) is 18.8 Å². The molecule has 0 radical (unpaired) electrons. The maximum atomic E-state index is 11.7. The topological polar surface area (TPSA) is 78.1 Å². The first kappa shape index (κ1) is 12.8. The molecule has 6 nitrogen and oxygen atoms in total. The minimum absolute atomic E-state index is 0.516. The van der Waals surface area contributed by atoms with Crippen LogP contribution in [0.25, 0.3) is 11.0 Å². The summed E-state index contributed by atoms with van der Waals surface area (Å²) in [4.78, 5) is 7.50. The van der Waals surface area contributed by atoms with E-state index in [0.717, 1.165) is 27.6 Å². The smallest absolute Gasteiger partial charge is 0.301 e. The van der Waals surface area contributed by atoms with Crippen molar-refractivity contribution in [1.29, 1.82) is 0 Å². The average Bonchev–Trinajstić information content (AvgIpc) is 2.70. The normalized spacial score (nSPS) is 12.2. The summed E-state index contributed by atoms with van der Waals surface area (Å²) in [5, 5.41) is 0. The summed E-state index contributed by atoms with van der Waals surface area (Å²) in [5.41, 5.74) is 2.17. The SMILES string of the molecule is CCc1nc2ccc(NS(=O)(=O)N(C)C)cc2[nH]1. The maximum absolute atomic E-state index is 11.7. The molecular formula is C11H16N4O2S. The van der Waals surface area contributed by atoms with Crippen molar-refractivity contribution in [2.24, 2.45) is 0 Å². The van der Waals surface area contributed by atoms with E-state index in [4.69, 9.17) is 0 Å². The van der Waals surface area contributed by atoms with E-state index in [1.165, 1.54) is 14.1 Å². The van der Waals surface area contributed by atoms with E-state index >= 15 is 0 Å². The third kappa shape index (κ3) is 2.46. The molecule has 0 aliphatic rings. The highest BCUT2D eigenvalue weighted by molar-refractivity contribution is 7.90. The van der Waals surface area contributed by atoms with E-state index in [1.54, 1.807) is 18.2 Å². The van der Waals surface area contributed by atoms with Crippen molar-refractivity contribution < 1.29 is 8.42 Å². The van der Waals surface area contributed by atoms with Crippen LogP contribution in [0.3, 0.4) is 0 Å². The Labute approximate surface area is 106 Å². The molecule has 0 fully saturated rings. The summed E-state index contributed by atoms with van der Waals surface area (Å²) in [7, 11) is -0.513. The zero-order chi connectivity index (χ0) is 13.3. The van der Waals surface area contributed by atoms with Crippen LogP contribution < -0.4 is 4.72 Å². The maximum Gasteiger partial charge on any atom is 0.301 e. The third-order valence-electron chi connectivity index (χ3n) is 2.59. The first-order valence-electron chi connectivity index (χ1n) is 5.61. The first-order valence-corrected chi connectivity index (χ1v) is 7.05. The largest absolute Gasteiger partial charge is 0.342 e. The van der Waals surface area contributed by atoms with Gasteiger partial charge in [0, 0.05) is 20.5 Å². The Morgan fingerprint density at radius 1 is 1.39 bits per heavy atom. The number of aromatic amines is 1. The standard InChI is InChI=1S/C11H16N4O2S/c1-4-11-12-9-6-5-8(7-10(9)13-11)14-18(16,17)15(2)3/h5-7,14H,4H2,1-3H3,(H,12,13). The fraction of sp³-hybridized carbons (Fsp3) is 0.364. The van der Waals surface area contributed by atoms with Crippen LogP contribution in [-0.4, -0.2) is 36.8 Å². The molecule has 0 aliphatic heterocycles. The van der Waals surface area contributed by atoms with Gasteiger partial charge in [0.2, 0.25) is 0 Å². The van der Waals surface area contributed by atoms with Crippen LogP contribution in [0, 0.1) is 0 Å². The summed E-state index contributed by atoms with van der Waals surface area (Å²) < 4.78 is 27.0. The molecule has 2 rings (SSSR count). The van der Waals surface area contributed by atoms with Crippen LogP contribution in [0.2, 0.25) is 0 Å². The fourth-order valence-corrected chi connectivity index (χ4v) is 2.14. The number of nitrogens with zero attached hydrogens (tertiary/aromatic N) is 2. The molecule has 18 heavy (non-hydrogen) atoms. The molecule has 1 aromatic heterocycles. The number of nitrogens with one attached hydrogen (secondary N) is 2. The molecule has 98 valence electrons. The number of H-pyrrole nitrogens is 1. The predicted molar refractivity (Wildman–Crippen MR) is 71.7 cm³/mol. The van der Waals surface area contributed by atoms with Crippen molar-refractivity contribution in [3.8, 4) is 0 Å². The molecule has 0 spiro atoms. The van der Waals surface area contributed by atoms with E-state index < -0.39 is 10.2 Å². The highest BCUT2D eigenvalue weighted by Gasteiger charge is 2.13. The number of aryl methyl sites for hydroxylation is 1. The minimum atomic E-state index is -3.47. The second-order valence-corrected chi connectivity index (χ2v) is 6.04. The van der Waals surface area contributed by atoms with Crippen LogP contribution in [0.5, 0.6) is 0 Å². The molecule has 2 aromatic rings. The van der Waals surface area contributed by atoms with Gasteiger partial charge in [-0.25, -0.2) is 4.98 Å². The van der Waals surface area contributed by atoms with Gasteiger partial charge < -0.3 is 4.98 Å². The summed E-state index contributed by atoms with van der Waals surface area (Å²) in [6.07, 6.45) is 0.813. The van der Waals surface area contributed by atoms with Crippen LogP contribution >= 0.6 is 0 Å². The Morgan fingerprint density at radius 3 is 2.72 bits per heavy atom. The average molecular weight is 268 g/mol. The van der Waals surface area contributed by atoms with Crippen LogP contribution in [-0.2, 0) is 16.6 Å². The molecule has 1 aromatic carbocycles. The van der Waals surface area contributed by atoms with Crippen molar-refractivity contribution in [1.82, 2.24) is 14.3 Å². The molecule has 0 saturated heterocycles. The number of benzene rings is 1. The molecule has 0 aliphatic carbocycles. The van der Waals surface area contributed by atoms with Crippen molar-refractivity contribution in [2.45, 2.75) is 13.3 Å². The van der Waals surface area contributed by atoms with Crippen molar-refractivity contribution in [3.63, 3.8) is 0 Å². The number of aromatic nitrogens is 2. The summed E-state index contributed by atoms with van der Waals surface area (Å²) in [5.74, 6) is 0.887. The lowest BCUT2D eigenvalue weighted by molar-refractivity contribution is 0.527. The number of rotatable bonds is 4. The molecule has 2 N–H and O–H groups in total. The van der Waals surface area contributed by atoms with E-state index in [1.807, 2.05) is 6.92 Å². The highest BCUT2D eigenvalue weighted by atomic mass is 32.2. The van der Waals surface area contributed by atoms with E-state index in [9.17, 15) is 8.42 Å². The highest BCUT2D eigenvalue weighted by Crippen LogP contribution is 2.18. The van der Waals surface area contributed by atoms with Gasteiger partial charge in [0.25, 0.3) is 0 Å². The number of fused-ring (bicyclic) bond motifs is 1. The number of hydrogen-bond acceptors (Lipinski definition) is 3. The van der Waals surface area contributed by atoms with Crippen LogP contribution in [0.15, 0.2) is 18.2 Å². The second kappa shape index (κ2) is 4.58. The first-order chi connectivity index (χ1) is 8.42. The van der Waals surface area contributed by atoms with Crippen LogP contribution in [0.1, 0.15) is 12.7 Å².